The molecule has 0 aromatic carbocycles. The second-order valence-electron chi connectivity index (χ2n) is 5.31. The quantitative estimate of drug-likeness (QED) is 0.791. The van der Waals surface area contributed by atoms with E-state index >= 15 is 0 Å². The van der Waals surface area contributed by atoms with E-state index in [0.717, 1.165) is 36.4 Å². The molecule has 7 heteroatoms. The Morgan fingerprint density at radius 1 is 1.52 bits per heavy atom. The van der Waals surface area contributed by atoms with Gasteiger partial charge in [0.1, 0.15) is 6.33 Å². The Morgan fingerprint density at radius 3 is 3.19 bits per heavy atom. The van der Waals surface area contributed by atoms with Crippen LogP contribution in [0.4, 0.5) is 5.69 Å². The minimum Gasteiger partial charge on any atom is -0.466 e. The lowest BCUT2D eigenvalue weighted by Crippen LogP contribution is -2.39. The fourth-order valence-corrected chi connectivity index (χ4v) is 2.81. The van der Waals surface area contributed by atoms with Crippen LogP contribution >= 0.6 is 0 Å². The number of fused-ring (bicyclic) bond motifs is 1. The Kier molecular flexibility index (Phi) is 3.72. The van der Waals surface area contributed by atoms with Crippen molar-refractivity contribution in [1.29, 1.82) is 0 Å². The molecule has 1 aliphatic heterocycles. The number of esters is 1. The highest BCUT2D eigenvalue weighted by Gasteiger charge is 2.28. The van der Waals surface area contributed by atoms with Crippen molar-refractivity contribution < 1.29 is 9.53 Å². The molecule has 0 bridgehead atoms. The molecule has 0 aliphatic carbocycles. The van der Waals surface area contributed by atoms with Crippen LogP contribution in [-0.4, -0.2) is 45.5 Å². The van der Waals surface area contributed by atoms with E-state index in [4.69, 9.17) is 4.74 Å². The standard InChI is InChI=1S/C14H19N5O2/c1-3-21-14(20)11-5-4-6-18(8-11)12-7-10(2)17-19-9-15-16-13(12)19/h7,9,11H,3-6,8H2,1-2H3/t11-/m0/s1. The minimum atomic E-state index is -0.106. The molecule has 0 saturated carbocycles. The van der Waals surface area contributed by atoms with Crippen LogP contribution in [0.2, 0.25) is 0 Å². The van der Waals surface area contributed by atoms with Crippen molar-refractivity contribution in [1.82, 2.24) is 19.8 Å². The van der Waals surface area contributed by atoms with Crippen molar-refractivity contribution in [2.75, 3.05) is 24.6 Å². The van der Waals surface area contributed by atoms with E-state index < -0.39 is 0 Å². The topological polar surface area (TPSA) is 72.6 Å². The van der Waals surface area contributed by atoms with Crippen LogP contribution < -0.4 is 4.90 Å². The van der Waals surface area contributed by atoms with Gasteiger partial charge in [0.15, 0.2) is 0 Å². The van der Waals surface area contributed by atoms with E-state index in [9.17, 15) is 4.79 Å². The molecule has 0 spiro atoms. The van der Waals surface area contributed by atoms with Crippen molar-refractivity contribution in [3.63, 3.8) is 0 Å². The highest BCUT2D eigenvalue weighted by molar-refractivity contribution is 5.75. The lowest BCUT2D eigenvalue weighted by atomic mass is 9.98. The van der Waals surface area contributed by atoms with Crippen LogP contribution in [-0.2, 0) is 9.53 Å². The number of hydrogen-bond donors (Lipinski definition) is 0. The highest BCUT2D eigenvalue weighted by atomic mass is 16.5. The second-order valence-corrected chi connectivity index (χ2v) is 5.31. The van der Waals surface area contributed by atoms with Crippen LogP contribution in [0.5, 0.6) is 0 Å². The summed E-state index contributed by atoms with van der Waals surface area (Å²) in [5.41, 5.74) is 2.61. The molecule has 2 aromatic heterocycles. The smallest absolute Gasteiger partial charge is 0.310 e. The molecule has 3 heterocycles. The number of ether oxygens (including phenoxy) is 1. The molecule has 21 heavy (non-hydrogen) atoms. The van der Waals surface area contributed by atoms with E-state index in [1.807, 2.05) is 19.9 Å². The van der Waals surface area contributed by atoms with E-state index in [-0.39, 0.29) is 11.9 Å². The number of aromatic nitrogens is 4. The fourth-order valence-electron chi connectivity index (χ4n) is 2.81. The fraction of sp³-hybridized carbons (Fsp3) is 0.571. The summed E-state index contributed by atoms with van der Waals surface area (Å²) >= 11 is 0. The van der Waals surface area contributed by atoms with Crippen molar-refractivity contribution in [2.24, 2.45) is 5.92 Å². The van der Waals surface area contributed by atoms with Gasteiger partial charge in [0.2, 0.25) is 5.65 Å². The Balaban J connectivity index is 1.88. The number of hydrogen-bond acceptors (Lipinski definition) is 6. The second kappa shape index (κ2) is 5.67. The molecule has 1 fully saturated rings. The maximum atomic E-state index is 12.0. The molecule has 1 aliphatic rings. The van der Waals surface area contributed by atoms with Gasteiger partial charge in [-0.3, -0.25) is 4.79 Å². The summed E-state index contributed by atoms with van der Waals surface area (Å²) < 4.78 is 6.83. The van der Waals surface area contributed by atoms with E-state index in [2.05, 4.69) is 20.2 Å². The normalized spacial score (nSPS) is 19.0. The molecule has 0 amide bonds. The summed E-state index contributed by atoms with van der Waals surface area (Å²) in [7, 11) is 0. The van der Waals surface area contributed by atoms with Gasteiger partial charge in [0.25, 0.3) is 0 Å². The molecule has 3 rings (SSSR count). The lowest BCUT2D eigenvalue weighted by molar-refractivity contribution is -0.148. The molecular formula is C14H19N5O2. The van der Waals surface area contributed by atoms with E-state index in [1.54, 1.807) is 10.8 Å². The van der Waals surface area contributed by atoms with E-state index in [1.165, 1.54) is 0 Å². The summed E-state index contributed by atoms with van der Waals surface area (Å²) in [4.78, 5) is 14.1. The monoisotopic (exact) mass is 289 g/mol. The van der Waals surface area contributed by atoms with Gasteiger partial charge in [0.05, 0.1) is 23.9 Å². The maximum Gasteiger partial charge on any atom is 0.310 e. The third kappa shape index (κ3) is 2.68. The van der Waals surface area contributed by atoms with Gasteiger partial charge in [-0.05, 0) is 32.8 Å². The summed E-state index contributed by atoms with van der Waals surface area (Å²) in [6.07, 6.45) is 3.44. The third-order valence-corrected chi connectivity index (χ3v) is 3.75. The first-order valence-corrected chi connectivity index (χ1v) is 7.28. The van der Waals surface area contributed by atoms with Crippen LogP contribution in [0.25, 0.3) is 5.65 Å². The Hall–Kier alpha value is -2.18. The Labute approximate surface area is 122 Å². The summed E-state index contributed by atoms with van der Waals surface area (Å²) in [6.45, 7) is 5.77. The largest absolute Gasteiger partial charge is 0.466 e. The van der Waals surface area contributed by atoms with Crippen molar-refractivity contribution in [3.05, 3.63) is 18.1 Å². The average Bonchev–Trinajstić information content (AvgIpc) is 2.95. The summed E-state index contributed by atoms with van der Waals surface area (Å²) in [5, 5.41) is 12.4. The average molecular weight is 289 g/mol. The molecule has 1 saturated heterocycles. The molecule has 2 aromatic rings. The lowest BCUT2D eigenvalue weighted by Gasteiger charge is -2.33. The molecule has 112 valence electrons. The van der Waals surface area contributed by atoms with Crippen LogP contribution in [0.1, 0.15) is 25.5 Å². The first-order valence-electron chi connectivity index (χ1n) is 7.28. The van der Waals surface area contributed by atoms with Gasteiger partial charge in [-0.2, -0.15) is 9.61 Å². The first-order chi connectivity index (χ1) is 10.2. The number of anilines is 1. The Morgan fingerprint density at radius 2 is 2.38 bits per heavy atom. The first kappa shape index (κ1) is 13.8. The predicted octanol–water partition coefficient (Wildman–Crippen LogP) is 1.21. The number of aryl methyl sites for hydroxylation is 1. The van der Waals surface area contributed by atoms with Gasteiger partial charge >= 0.3 is 5.97 Å². The van der Waals surface area contributed by atoms with Crippen molar-refractivity contribution in [3.8, 4) is 0 Å². The zero-order valence-corrected chi connectivity index (χ0v) is 12.3. The number of carbonyl (C=O) groups excluding carboxylic acids is 1. The van der Waals surface area contributed by atoms with Gasteiger partial charge in [-0.1, -0.05) is 0 Å². The van der Waals surface area contributed by atoms with Crippen LogP contribution in [0.15, 0.2) is 12.4 Å². The number of carbonyl (C=O) groups is 1. The Bertz CT molecular complexity index is 654. The third-order valence-electron chi connectivity index (χ3n) is 3.75. The SMILES string of the molecule is CCOC(=O)[C@H]1CCCN(c2cc(C)nn3cnnc23)C1. The van der Waals surface area contributed by atoms with Gasteiger partial charge in [0, 0.05) is 13.1 Å². The number of nitrogens with zero attached hydrogens (tertiary/aromatic N) is 5. The maximum absolute atomic E-state index is 12.0. The van der Waals surface area contributed by atoms with Gasteiger partial charge in [-0.25, -0.2) is 0 Å². The van der Waals surface area contributed by atoms with Crippen molar-refractivity contribution >= 4 is 17.3 Å². The molecular weight excluding hydrogens is 270 g/mol. The minimum absolute atomic E-state index is 0.0739. The molecule has 7 nitrogen and oxygen atoms in total. The van der Waals surface area contributed by atoms with Crippen LogP contribution in [0.3, 0.4) is 0 Å². The molecule has 0 radical (unpaired) electrons. The zero-order chi connectivity index (χ0) is 14.8. The molecule has 0 unspecified atom stereocenters. The van der Waals surface area contributed by atoms with E-state index in [0.29, 0.717) is 13.2 Å². The predicted molar refractivity (Wildman–Crippen MR) is 77.1 cm³/mol. The zero-order valence-electron chi connectivity index (χ0n) is 12.3. The molecule has 1 atom stereocenters. The van der Waals surface area contributed by atoms with Crippen molar-refractivity contribution in [2.45, 2.75) is 26.7 Å². The number of piperidine rings is 1. The highest BCUT2D eigenvalue weighted by Crippen LogP contribution is 2.26. The van der Waals surface area contributed by atoms with Crippen LogP contribution in [0, 0.1) is 12.8 Å². The summed E-state index contributed by atoms with van der Waals surface area (Å²) in [6, 6.07) is 2.00. The van der Waals surface area contributed by atoms with Gasteiger partial charge < -0.3 is 9.64 Å². The molecule has 0 N–H and O–H groups in total. The number of rotatable bonds is 3. The summed E-state index contributed by atoms with van der Waals surface area (Å²) in [5.74, 6) is -0.180. The van der Waals surface area contributed by atoms with Gasteiger partial charge in [-0.15, -0.1) is 10.2 Å².